The van der Waals surface area contributed by atoms with Crippen LogP contribution in [0.4, 0.5) is 13.2 Å². The summed E-state index contributed by atoms with van der Waals surface area (Å²) >= 11 is 0. The second-order valence-corrected chi connectivity index (χ2v) is 6.12. The Morgan fingerprint density at radius 1 is 1.12 bits per heavy atom. The van der Waals surface area contributed by atoms with Crippen molar-refractivity contribution in [2.45, 2.75) is 44.4 Å². The zero-order valence-electron chi connectivity index (χ0n) is 13.4. The highest BCUT2D eigenvalue weighted by Crippen LogP contribution is 2.29. The summed E-state index contributed by atoms with van der Waals surface area (Å²) in [4.78, 5) is 4.54. The molecule has 1 unspecified atom stereocenters. The third kappa shape index (κ3) is 4.17. The van der Waals surface area contributed by atoms with E-state index in [1.165, 1.54) is 0 Å². The molecule has 0 aliphatic carbocycles. The first-order valence-electron chi connectivity index (χ1n) is 8.29. The van der Waals surface area contributed by atoms with Crippen LogP contribution in [0.3, 0.4) is 0 Å². The summed E-state index contributed by atoms with van der Waals surface area (Å²) in [5.74, 6) is 0. The van der Waals surface area contributed by atoms with Gasteiger partial charge < -0.3 is 10.1 Å². The SMILES string of the molecule is FC(F)(F)c1ccc(CCC2=NCNC=C2C2CCCCO2)cc1. The van der Waals surface area contributed by atoms with Crippen molar-refractivity contribution in [2.24, 2.45) is 4.99 Å². The first-order chi connectivity index (χ1) is 11.5. The number of benzene rings is 1. The van der Waals surface area contributed by atoms with Gasteiger partial charge in [0.2, 0.25) is 0 Å². The van der Waals surface area contributed by atoms with Gasteiger partial charge >= 0.3 is 6.18 Å². The van der Waals surface area contributed by atoms with Crippen LogP contribution in [0.15, 0.2) is 41.0 Å². The summed E-state index contributed by atoms with van der Waals surface area (Å²) in [6, 6.07) is 5.37. The van der Waals surface area contributed by atoms with Gasteiger partial charge in [-0.3, -0.25) is 4.99 Å². The number of hydrogen-bond acceptors (Lipinski definition) is 3. The lowest BCUT2D eigenvalue weighted by atomic mass is 9.94. The van der Waals surface area contributed by atoms with E-state index in [1.807, 2.05) is 6.20 Å². The predicted molar refractivity (Wildman–Crippen MR) is 86.9 cm³/mol. The molecule has 1 atom stereocenters. The van der Waals surface area contributed by atoms with Crippen LogP contribution in [0.1, 0.15) is 36.8 Å². The highest BCUT2D eigenvalue weighted by molar-refractivity contribution is 6.01. The van der Waals surface area contributed by atoms with E-state index < -0.39 is 11.7 Å². The Bertz CT molecular complexity index is 614. The van der Waals surface area contributed by atoms with Gasteiger partial charge in [0.05, 0.1) is 11.7 Å². The minimum Gasteiger partial charge on any atom is -0.373 e. The molecule has 0 amide bonds. The molecule has 130 valence electrons. The van der Waals surface area contributed by atoms with E-state index in [0.29, 0.717) is 19.5 Å². The molecule has 3 rings (SSSR count). The van der Waals surface area contributed by atoms with E-state index in [-0.39, 0.29) is 6.10 Å². The third-order valence-corrected chi connectivity index (χ3v) is 4.41. The lowest BCUT2D eigenvalue weighted by Gasteiger charge is -2.28. The number of hydrogen-bond donors (Lipinski definition) is 1. The average Bonchev–Trinajstić information content (AvgIpc) is 2.60. The monoisotopic (exact) mass is 338 g/mol. The van der Waals surface area contributed by atoms with Gasteiger partial charge in [-0.05, 0) is 49.8 Å². The quantitative estimate of drug-likeness (QED) is 0.897. The van der Waals surface area contributed by atoms with Crippen molar-refractivity contribution in [3.63, 3.8) is 0 Å². The highest BCUT2D eigenvalue weighted by Gasteiger charge is 2.30. The summed E-state index contributed by atoms with van der Waals surface area (Å²) < 4.78 is 43.7. The van der Waals surface area contributed by atoms with E-state index in [9.17, 15) is 13.2 Å². The van der Waals surface area contributed by atoms with E-state index >= 15 is 0 Å². The molecule has 0 saturated carbocycles. The number of aryl methyl sites for hydroxylation is 1. The minimum absolute atomic E-state index is 0.0814. The van der Waals surface area contributed by atoms with Crippen molar-refractivity contribution >= 4 is 5.71 Å². The van der Waals surface area contributed by atoms with Crippen molar-refractivity contribution in [3.8, 4) is 0 Å². The normalized spacial score (nSPS) is 21.7. The standard InChI is InChI=1S/C18H21F3N2O/c19-18(20,21)14-7-4-13(5-8-14)6-9-16-15(11-22-12-23-16)17-3-1-2-10-24-17/h4-5,7-8,11,17,22H,1-3,6,9-10,12H2. The molecule has 1 aromatic rings. The van der Waals surface area contributed by atoms with Crippen molar-refractivity contribution < 1.29 is 17.9 Å². The average molecular weight is 338 g/mol. The second-order valence-electron chi connectivity index (χ2n) is 6.12. The zero-order valence-corrected chi connectivity index (χ0v) is 13.4. The Morgan fingerprint density at radius 2 is 1.92 bits per heavy atom. The largest absolute Gasteiger partial charge is 0.416 e. The van der Waals surface area contributed by atoms with Gasteiger partial charge in [0.25, 0.3) is 0 Å². The molecule has 0 aromatic heterocycles. The van der Waals surface area contributed by atoms with Crippen LogP contribution >= 0.6 is 0 Å². The Labute approximate surface area is 139 Å². The summed E-state index contributed by atoms with van der Waals surface area (Å²) in [5, 5.41) is 3.13. The molecule has 1 aromatic carbocycles. The second kappa shape index (κ2) is 7.38. The van der Waals surface area contributed by atoms with Crippen LogP contribution < -0.4 is 5.32 Å². The number of alkyl halides is 3. The summed E-state index contributed by atoms with van der Waals surface area (Å²) in [7, 11) is 0. The van der Waals surface area contributed by atoms with Crippen LogP contribution in [-0.2, 0) is 17.3 Å². The Hall–Kier alpha value is -1.82. The van der Waals surface area contributed by atoms with Gasteiger partial charge in [0, 0.05) is 24.1 Å². The van der Waals surface area contributed by atoms with E-state index in [1.54, 1.807) is 12.1 Å². The van der Waals surface area contributed by atoms with Gasteiger partial charge in [-0.2, -0.15) is 13.2 Å². The Balaban J connectivity index is 1.62. The number of rotatable bonds is 4. The van der Waals surface area contributed by atoms with Gasteiger partial charge in [-0.25, -0.2) is 0 Å². The minimum atomic E-state index is -4.29. The van der Waals surface area contributed by atoms with Crippen molar-refractivity contribution in [1.29, 1.82) is 0 Å². The van der Waals surface area contributed by atoms with Gasteiger partial charge in [-0.15, -0.1) is 0 Å². The lowest BCUT2D eigenvalue weighted by Crippen LogP contribution is -2.30. The number of halogens is 3. The molecule has 24 heavy (non-hydrogen) atoms. The molecule has 2 aliphatic heterocycles. The maximum Gasteiger partial charge on any atom is 0.416 e. The highest BCUT2D eigenvalue weighted by atomic mass is 19.4. The molecule has 0 spiro atoms. The predicted octanol–water partition coefficient (Wildman–Crippen LogP) is 4.09. The molecule has 0 bridgehead atoms. The van der Waals surface area contributed by atoms with Crippen molar-refractivity contribution in [1.82, 2.24) is 5.32 Å². The summed E-state index contributed by atoms with van der Waals surface area (Å²) in [6.07, 6.45) is 2.38. The van der Waals surface area contributed by atoms with Crippen LogP contribution in [0.25, 0.3) is 0 Å². The third-order valence-electron chi connectivity index (χ3n) is 4.41. The Morgan fingerprint density at radius 3 is 2.58 bits per heavy atom. The maximum absolute atomic E-state index is 12.6. The van der Waals surface area contributed by atoms with Crippen molar-refractivity contribution in [2.75, 3.05) is 13.3 Å². The number of nitrogens with zero attached hydrogens (tertiary/aromatic N) is 1. The number of ether oxygens (including phenoxy) is 1. The fraction of sp³-hybridized carbons (Fsp3) is 0.500. The van der Waals surface area contributed by atoms with Gasteiger partial charge in [0.15, 0.2) is 0 Å². The van der Waals surface area contributed by atoms with E-state index in [2.05, 4.69) is 10.3 Å². The molecule has 3 nitrogen and oxygen atoms in total. The maximum atomic E-state index is 12.6. The van der Waals surface area contributed by atoms with Crippen LogP contribution in [0.2, 0.25) is 0 Å². The Kier molecular flexibility index (Phi) is 5.23. The van der Waals surface area contributed by atoms with Crippen LogP contribution in [0, 0.1) is 0 Å². The van der Waals surface area contributed by atoms with Crippen molar-refractivity contribution in [3.05, 3.63) is 47.2 Å². The first kappa shape index (κ1) is 17.0. The van der Waals surface area contributed by atoms with E-state index in [0.717, 1.165) is 54.9 Å². The summed E-state index contributed by atoms with van der Waals surface area (Å²) in [5.41, 5.74) is 2.36. The molecule has 1 fully saturated rings. The molecule has 1 saturated heterocycles. The molecular weight excluding hydrogens is 317 g/mol. The molecule has 2 heterocycles. The fourth-order valence-corrected chi connectivity index (χ4v) is 3.08. The molecule has 0 radical (unpaired) electrons. The molecule has 2 aliphatic rings. The first-order valence-corrected chi connectivity index (χ1v) is 8.29. The molecule has 6 heteroatoms. The van der Waals surface area contributed by atoms with Crippen LogP contribution in [-0.4, -0.2) is 25.1 Å². The fourth-order valence-electron chi connectivity index (χ4n) is 3.08. The van der Waals surface area contributed by atoms with Gasteiger partial charge in [0.1, 0.15) is 6.67 Å². The lowest BCUT2D eigenvalue weighted by molar-refractivity contribution is -0.137. The topological polar surface area (TPSA) is 33.6 Å². The number of aliphatic imine (C=N–C) groups is 1. The molecular formula is C18H21F3N2O. The molecule has 1 N–H and O–H groups in total. The number of nitrogens with one attached hydrogen (secondary N) is 1. The zero-order chi connectivity index (χ0) is 17.0. The summed E-state index contributed by atoms with van der Waals surface area (Å²) in [6.45, 7) is 1.31. The van der Waals surface area contributed by atoms with E-state index in [4.69, 9.17) is 4.74 Å². The smallest absolute Gasteiger partial charge is 0.373 e. The van der Waals surface area contributed by atoms with Crippen LogP contribution in [0.5, 0.6) is 0 Å². The van der Waals surface area contributed by atoms with Gasteiger partial charge in [-0.1, -0.05) is 12.1 Å².